The second-order valence-electron chi connectivity index (χ2n) is 4.47. The van der Waals surface area contributed by atoms with Crippen molar-refractivity contribution in [1.29, 1.82) is 0 Å². The van der Waals surface area contributed by atoms with Gasteiger partial charge >= 0.3 is 0 Å². The molecule has 112 valence electrons. The van der Waals surface area contributed by atoms with E-state index in [1.54, 1.807) is 37.3 Å². The number of rotatable bonds is 5. The van der Waals surface area contributed by atoms with Crippen LogP contribution in [0.5, 0.6) is 5.88 Å². The van der Waals surface area contributed by atoms with Gasteiger partial charge in [-0.25, -0.2) is 9.97 Å². The van der Waals surface area contributed by atoms with Crippen LogP contribution in [0, 0.1) is 0 Å². The van der Waals surface area contributed by atoms with Gasteiger partial charge in [0.25, 0.3) is 0 Å². The number of methoxy groups -OCH3 is 1. The van der Waals surface area contributed by atoms with Crippen molar-refractivity contribution < 1.29 is 9.26 Å². The highest BCUT2D eigenvalue weighted by molar-refractivity contribution is 7.99. The fraction of sp³-hybridized carbons (Fsp3) is 0.200. The number of hydrogen-bond acceptors (Lipinski definition) is 7. The summed E-state index contributed by atoms with van der Waals surface area (Å²) in [7, 11) is 1.57. The Morgan fingerprint density at radius 2 is 2.09 bits per heavy atom. The predicted molar refractivity (Wildman–Crippen MR) is 82.6 cm³/mol. The first-order valence-corrected chi connectivity index (χ1v) is 7.56. The Bertz CT molecular complexity index is 748. The topological polar surface area (TPSA) is 73.9 Å². The lowest BCUT2D eigenvalue weighted by Gasteiger charge is -2.04. The minimum atomic E-state index is 0.0138. The highest BCUT2D eigenvalue weighted by Gasteiger charge is 2.17. The second kappa shape index (κ2) is 6.57. The average Bonchev–Trinajstić information content (AvgIpc) is 3.06. The molecular formula is C15H14N4O2S. The molecule has 0 aliphatic rings. The van der Waals surface area contributed by atoms with Crippen molar-refractivity contribution in [3.05, 3.63) is 48.6 Å². The van der Waals surface area contributed by atoms with Gasteiger partial charge in [-0.1, -0.05) is 23.0 Å². The molecule has 0 spiro atoms. The Hall–Kier alpha value is -2.41. The third kappa shape index (κ3) is 3.25. The molecule has 3 heterocycles. The molecular weight excluding hydrogens is 300 g/mol. The first-order valence-electron chi connectivity index (χ1n) is 6.68. The third-order valence-electron chi connectivity index (χ3n) is 2.93. The zero-order valence-corrected chi connectivity index (χ0v) is 12.9. The number of ether oxygens (including phenoxy) is 1. The van der Waals surface area contributed by atoms with Gasteiger partial charge in [0.15, 0.2) is 0 Å². The Balaban J connectivity index is 1.78. The maximum Gasteiger partial charge on any atom is 0.240 e. The van der Waals surface area contributed by atoms with Crippen molar-refractivity contribution in [3.63, 3.8) is 0 Å². The van der Waals surface area contributed by atoms with Gasteiger partial charge in [-0.3, -0.25) is 0 Å². The molecule has 3 aromatic rings. The Kier molecular flexibility index (Phi) is 4.34. The van der Waals surface area contributed by atoms with E-state index in [1.165, 1.54) is 0 Å². The maximum atomic E-state index is 5.36. The standard InChI is InChI=1S/C15H14N4O2S/c1-10(22-13-5-3-4-7-17-13)15-18-14(19-21-15)11-6-8-16-12(9-11)20-2/h3-10H,1-2H3/t10-/m1/s1. The van der Waals surface area contributed by atoms with Crippen LogP contribution >= 0.6 is 11.8 Å². The summed E-state index contributed by atoms with van der Waals surface area (Å²) in [5.41, 5.74) is 0.803. The average molecular weight is 314 g/mol. The van der Waals surface area contributed by atoms with Gasteiger partial charge in [-0.15, -0.1) is 0 Å². The van der Waals surface area contributed by atoms with Gasteiger partial charge in [0.2, 0.25) is 17.6 Å². The lowest BCUT2D eigenvalue weighted by atomic mass is 10.2. The molecule has 3 aromatic heterocycles. The van der Waals surface area contributed by atoms with E-state index < -0.39 is 0 Å². The SMILES string of the molecule is COc1cc(-c2noc([C@@H](C)Sc3ccccn3)n2)ccn1. The van der Waals surface area contributed by atoms with Crippen LogP contribution in [0.3, 0.4) is 0 Å². The number of hydrogen-bond donors (Lipinski definition) is 0. The summed E-state index contributed by atoms with van der Waals surface area (Å²) in [6, 6.07) is 9.37. The van der Waals surface area contributed by atoms with Gasteiger partial charge < -0.3 is 9.26 Å². The zero-order valence-electron chi connectivity index (χ0n) is 12.1. The summed E-state index contributed by atoms with van der Waals surface area (Å²) in [6.07, 6.45) is 3.41. The van der Waals surface area contributed by atoms with Crippen LogP contribution in [0.4, 0.5) is 0 Å². The van der Waals surface area contributed by atoms with Crippen LogP contribution in [0.25, 0.3) is 11.4 Å². The largest absolute Gasteiger partial charge is 0.481 e. The molecule has 0 aliphatic heterocycles. The quantitative estimate of drug-likeness (QED) is 0.668. The first-order chi connectivity index (χ1) is 10.8. The normalized spacial score (nSPS) is 12.1. The summed E-state index contributed by atoms with van der Waals surface area (Å²) in [5, 5.41) is 4.95. The Morgan fingerprint density at radius 1 is 1.18 bits per heavy atom. The van der Waals surface area contributed by atoms with E-state index in [1.807, 2.05) is 31.2 Å². The first kappa shape index (κ1) is 14.5. The molecule has 0 N–H and O–H groups in total. The molecule has 0 aliphatic carbocycles. The fourth-order valence-electron chi connectivity index (χ4n) is 1.83. The zero-order chi connectivity index (χ0) is 15.4. The van der Waals surface area contributed by atoms with Crippen LogP contribution in [-0.4, -0.2) is 27.2 Å². The van der Waals surface area contributed by atoms with Crippen LogP contribution < -0.4 is 4.74 Å². The van der Waals surface area contributed by atoms with Gasteiger partial charge in [0.1, 0.15) is 0 Å². The van der Waals surface area contributed by atoms with E-state index in [4.69, 9.17) is 9.26 Å². The van der Waals surface area contributed by atoms with Gasteiger partial charge in [0, 0.05) is 24.0 Å². The summed E-state index contributed by atoms with van der Waals surface area (Å²) >= 11 is 1.57. The Labute approximate surface area is 132 Å². The molecule has 0 bridgehead atoms. The second-order valence-corrected chi connectivity index (χ2v) is 5.83. The van der Waals surface area contributed by atoms with Gasteiger partial charge in [-0.2, -0.15) is 4.98 Å². The maximum absolute atomic E-state index is 5.36. The molecule has 3 rings (SSSR count). The summed E-state index contributed by atoms with van der Waals surface area (Å²) in [4.78, 5) is 12.8. The molecule has 0 unspecified atom stereocenters. The van der Waals surface area contributed by atoms with E-state index >= 15 is 0 Å². The van der Waals surface area contributed by atoms with E-state index in [9.17, 15) is 0 Å². The number of nitrogens with zero attached hydrogens (tertiary/aromatic N) is 4. The van der Waals surface area contributed by atoms with Crippen LogP contribution in [-0.2, 0) is 0 Å². The van der Waals surface area contributed by atoms with Crippen molar-refractivity contribution in [2.24, 2.45) is 0 Å². The number of thioether (sulfide) groups is 1. The smallest absolute Gasteiger partial charge is 0.240 e. The fourth-order valence-corrected chi connectivity index (χ4v) is 2.66. The molecule has 22 heavy (non-hydrogen) atoms. The molecule has 0 amide bonds. The van der Waals surface area contributed by atoms with Crippen molar-refractivity contribution >= 4 is 11.8 Å². The number of pyridine rings is 2. The van der Waals surface area contributed by atoms with Gasteiger partial charge in [-0.05, 0) is 25.1 Å². The molecule has 0 radical (unpaired) electrons. The van der Waals surface area contributed by atoms with E-state index in [-0.39, 0.29) is 5.25 Å². The van der Waals surface area contributed by atoms with Crippen molar-refractivity contribution in [1.82, 2.24) is 20.1 Å². The molecule has 0 fully saturated rings. The van der Waals surface area contributed by atoms with Crippen LogP contribution in [0.2, 0.25) is 0 Å². The van der Waals surface area contributed by atoms with Crippen molar-refractivity contribution in [2.75, 3.05) is 7.11 Å². The van der Waals surface area contributed by atoms with E-state index in [0.29, 0.717) is 17.6 Å². The molecule has 0 saturated heterocycles. The van der Waals surface area contributed by atoms with Crippen molar-refractivity contribution in [2.45, 2.75) is 17.2 Å². The minimum absolute atomic E-state index is 0.0138. The predicted octanol–water partition coefficient (Wildman–Crippen LogP) is 3.39. The third-order valence-corrected chi connectivity index (χ3v) is 3.97. The molecule has 0 saturated carbocycles. The van der Waals surface area contributed by atoms with E-state index in [0.717, 1.165) is 10.6 Å². The minimum Gasteiger partial charge on any atom is -0.481 e. The molecule has 7 heteroatoms. The van der Waals surface area contributed by atoms with Crippen molar-refractivity contribution in [3.8, 4) is 17.3 Å². The number of aromatic nitrogens is 4. The highest BCUT2D eigenvalue weighted by Crippen LogP contribution is 2.33. The molecule has 0 aromatic carbocycles. The monoisotopic (exact) mass is 314 g/mol. The summed E-state index contributed by atoms with van der Waals surface area (Å²) < 4.78 is 10.5. The van der Waals surface area contributed by atoms with E-state index in [2.05, 4.69) is 20.1 Å². The summed E-state index contributed by atoms with van der Waals surface area (Å²) in [5.74, 6) is 1.59. The van der Waals surface area contributed by atoms with Gasteiger partial charge in [0.05, 0.1) is 17.4 Å². The lowest BCUT2D eigenvalue weighted by Crippen LogP contribution is -1.91. The summed E-state index contributed by atoms with van der Waals surface area (Å²) in [6.45, 7) is 2.00. The molecule has 1 atom stereocenters. The molecule has 6 nitrogen and oxygen atoms in total. The van der Waals surface area contributed by atoms with Crippen LogP contribution in [0.15, 0.2) is 52.3 Å². The van der Waals surface area contributed by atoms with Crippen LogP contribution in [0.1, 0.15) is 18.1 Å². The Morgan fingerprint density at radius 3 is 2.86 bits per heavy atom. The highest BCUT2D eigenvalue weighted by atomic mass is 32.2. The lowest BCUT2D eigenvalue weighted by molar-refractivity contribution is 0.380.